The fourth-order valence-electron chi connectivity index (χ4n) is 1.02. The molecule has 0 spiro atoms. The summed E-state index contributed by atoms with van der Waals surface area (Å²) in [5, 5.41) is -0.462. The second-order valence-corrected chi connectivity index (χ2v) is 4.44. The van der Waals surface area contributed by atoms with Crippen molar-refractivity contribution >= 4 is 29.0 Å². The number of hydrogen-bond donors (Lipinski definition) is 0. The van der Waals surface area contributed by atoms with Crippen LogP contribution in [0.5, 0.6) is 0 Å². The zero-order valence-corrected chi connectivity index (χ0v) is 11.4. The van der Waals surface area contributed by atoms with Crippen molar-refractivity contribution < 1.29 is 28.6 Å². The van der Waals surface area contributed by atoms with Crippen molar-refractivity contribution in [2.75, 3.05) is 19.7 Å². The molecule has 0 aliphatic carbocycles. The summed E-state index contributed by atoms with van der Waals surface area (Å²) in [4.78, 5) is 32.8. The maximum Gasteiger partial charge on any atom is 0.370 e. The number of rotatable bonds is 8. The molecule has 104 valence electrons. The molecule has 18 heavy (non-hydrogen) atoms. The van der Waals surface area contributed by atoms with Gasteiger partial charge >= 0.3 is 17.2 Å². The minimum absolute atomic E-state index is 0.190. The van der Waals surface area contributed by atoms with E-state index in [-0.39, 0.29) is 25.6 Å². The first-order valence-electron chi connectivity index (χ1n) is 5.62. The minimum atomic E-state index is -0.462. The lowest BCUT2D eigenvalue weighted by Gasteiger charge is -2.05. The monoisotopic (exact) mass is 278 g/mol. The Kier molecular flexibility index (Phi) is 10.1. The van der Waals surface area contributed by atoms with Crippen LogP contribution in [-0.2, 0) is 23.8 Å². The number of unbranched alkanes of at least 4 members (excludes halogenated alkanes) is 1. The van der Waals surface area contributed by atoms with Gasteiger partial charge in [-0.25, -0.2) is 4.79 Å². The Balaban J connectivity index is 3.43. The molecule has 7 heteroatoms. The maximum absolute atomic E-state index is 11.2. The summed E-state index contributed by atoms with van der Waals surface area (Å²) in [7, 11) is 1.32. The molecule has 0 aromatic heterocycles. The molecule has 0 aliphatic rings. The van der Waals surface area contributed by atoms with Gasteiger partial charge in [0.2, 0.25) is 6.79 Å². The molecule has 0 heterocycles. The van der Waals surface area contributed by atoms with Crippen LogP contribution in [0, 0.1) is 0 Å². The van der Waals surface area contributed by atoms with E-state index in [4.69, 9.17) is 0 Å². The van der Waals surface area contributed by atoms with E-state index in [9.17, 15) is 14.4 Å². The van der Waals surface area contributed by atoms with Crippen molar-refractivity contribution in [2.24, 2.45) is 0 Å². The van der Waals surface area contributed by atoms with E-state index in [1.807, 2.05) is 6.92 Å². The summed E-state index contributed by atoms with van der Waals surface area (Å²) in [6, 6.07) is 0. The molecule has 0 saturated carbocycles. The average molecular weight is 278 g/mol. The van der Waals surface area contributed by atoms with Gasteiger partial charge in [-0.2, -0.15) is 0 Å². The lowest BCUT2D eigenvalue weighted by atomic mass is 10.2. The predicted molar refractivity (Wildman–Crippen MR) is 66.1 cm³/mol. The van der Waals surface area contributed by atoms with E-state index in [0.717, 1.165) is 11.8 Å². The second kappa shape index (κ2) is 10.9. The van der Waals surface area contributed by atoms with E-state index in [0.29, 0.717) is 18.6 Å². The van der Waals surface area contributed by atoms with E-state index in [1.165, 1.54) is 7.11 Å². The van der Waals surface area contributed by atoms with Crippen molar-refractivity contribution in [1.82, 2.24) is 0 Å². The first-order chi connectivity index (χ1) is 8.60. The first-order valence-corrected chi connectivity index (χ1v) is 6.60. The molecule has 0 saturated heterocycles. The van der Waals surface area contributed by atoms with Gasteiger partial charge in [0.05, 0.1) is 7.11 Å². The second-order valence-electron chi connectivity index (χ2n) is 3.24. The molecule has 0 N–H and O–H groups in total. The molecule has 0 fully saturated rings. The van der Waals surface area contributed by atoms with Crippen LogP contribution in [0.2, 0.25) is 0 Å². The van der Waals surface area contributed by atoms with Crippen LogP contribution in [0.4, 0.5) is 4.79 Å². The highest BCUT2D eigenvalue weighted by molar-refractivity contribution is 8.13. The molecule has 6 nitrogen and oxygen atoms in total. The van der Waals surface area contributed by atoms with Crippen LogP contribution < -0.4 is 0 Å². The highest BCUT2D eigenvalue weighted by atomic mass is 32.2. The van der Waals surface area contributed by atoms with Gasteiger partial charge in [0.25, 0.3) is 0 Å². The number of hydrogen-bond acceptors (Lipinski definition) is 7. The molecule has 0 aromatic carbocycles. The van der Waals surface area contributed by atoms with Gasteiger partial charge in [-0.3, -0.25) is 9.59 Å². The van der Waals surface area contributed by atoms with Gasteiger partial charge in [-0.15, -0.1) is 0 Å². The van der Waals surface area contributed by atoms with Crippen molar-refractivity contribution in [2.45, 2.75) is 32.6 Å². The van der Waals surface area contributed by atoms with Crippen LogP contribution in [0.3, 0.4) is 0 Å². The molecule has 0 atom stereocenters. The number of carbonyl (C=O) groups is 3. The van der Waals surface area contributed by atoms with Crippen LogP contribution in [-0.4, -0.2) is 36.9 Å². The van der Waals surface area contributed by atoms with Gasteiger partial charge in [0, 0.05) is 18.6 Å². The lowest BCUT2D eigenvalue weighted by molar-refractivity contribution is -0.151. The Hall–Kier alpha value is -1.24. The summed E-state index contributed by atoms with van der Waals surface area (Å²) >= 11 is 1.01. The summed E-state index contributed by atoms with van der Waals surface area (Å²) in [5.41, 5.74) is 0. The van der Waals surface area contributed by atoms with Gasteiger partial charge in [-0.05, 0) is 24.6 Å². The number of esters is 2. The van der Waals surface area contributed by atoms with E-state index < -0.39 is 11.3 Å². The third kappa shape index (κ3) is 9.95. The van der Waals surface area contributed by atoms with Crippen molar-refractivity contribution in [3.63, 3.8) is 0 Å². The third-order valence-electron chi connectivity index (χ3n) is 1.90. The van der Waals surface area contributed by atoms with Gasteiger partial charge in [-0.1, -0.05) is 6.92 Å². The molecule has 0 amide bonds. The number of methoxy groups -OCH3 is 1. The highest BCUT2D eigenvalue weighted by Crippen LogP contribution is 2.05. The molecule has 0 unspecified atom stereocenters. The standard InChI is InChI=1S/C11H18O6S/c1-3-18-11(14)17-8-16-10(13)7-5-4-6-9(12)15-2/h3-8H2,1-2H3. The van der Waals surface area contributed by atoms with Crippen LogP contribution in [0.1, 0.15) is 32.6 Å². The van der Waals surface area contributed by atoms with Gasteiger partial charge in [0.1, 0.15) is 0 Å². The molecule has 0 aliphatic heterocycles. The Morgan fingerprint density at radius 3 is 2.17 bits per heavy atom. The average Bonchev–Trinajstić information content (AvgIpc) is 2.34. The van der Waals surface area contributed by atoms with Crippen molar-refractivity contribution in [1.29, 1.82) is 0 Å². The zero-order chi connectivity index (χ0) is 13.8. The molecular weight excluding hydrogens is 260 g/mol. The third-order valence-corrected chi connectivity index (χ3v) is 2.54. The quantitative estimate of drug-likeness (QED) is 0.382. The highest BCUT2D eigenvalue weighted by Gasteiger charge is 2.07. The topological polar surface area (TPSA) is 78.9 Å². The minimum Gasteiger partial charge on any atom is -0.469 e. The van der Waals surface area contributed by atoms with E-state index in [1.54, 1.807) is 0 Å². The van der Waals surface area contributed by atoms with Crippen molar-refractivity contribution in [3.05, 3.63) is 0 Å². The maximum atomic E-state index is 11.2. The van der Waals surface area contributed by atoms with Gasteiger partial charge < -0.3 is 14.2 Å². The van der Waals surface area contributed by atoms with E-state index >= 15 is 0 Å². The molecular formula is C11H18O6S. The van der Waals surface area contributed by atoms with Crippen LogP contribution >= 0.6 is 11.8 Å². The summed E-state index contributed by atoms with van der Waals surface area (Å²) in [6.45, 7) is 1.46. The van der Waals surface area contributed by atoms with Crippen molar-refractivity contribution in [3.8, 4) is 0 Å². The lowest BCUT2D eigenvalue weighted by Crippen LogP contribution is -2.10. The number of thioether (sulfide) groups is 1. The van der Waals surface area contributed by atoms with Crippen LogP contribution in [0.25, 0.3) is 0 Å². The summed E-state index contributed by atoms with van der Waals surface area (Å²) in [6.07, 6.45) is 1.57. The SMILES string of the molecule is CCSC(=O)OCOC(=O)CCCCC(=O)OC. The molecule has 0 bridgehead atoms. The normalized spacial score (nSPS) is 9.67. The Bertz CT molecular complexity index is 279. The fraction of sp³-hybridized carbons (Fsp3) is 0.727. The fourth-order valence-corrected chi connectivity index (χ4v) is 1.38. The largest absolute Gasteiger partial charge is 0.469 e. The number of ether oxygens (including phenoxy) is 3. The van der Waals surface area contributed by atoms with E-state index in [2.05, 4.69) is 14.2 Å². The smallest absolute Gasteiger partial charge is 0.370 e. The molecule has 0 radical (unpaired) electrons. The Morgan fingerprint density at radius 1 is 1.00 bits per heavy atom. The predicted octanol–water partition coefficient (Wildman–Crippen LogP) is 2.11. The molecule has 0 rings (SSSR count). The van der Waals surface area contributed by atoms with Gasteiger partial charge in [0.15, 0.2) is 0 Å². The van der Waals surface area contributed by atoms with Crippen LogP contribution in [0.15, 0.2) is 0 Å². The zero-order valence-electron chi connectivity index (χ0n) is 10.6. The Morgan fingerprint density at radius 2 is 1.61 bits per heavy atom. The summed E-state index contributed by atoms with van der Waals surface area (Å²) in [5.74, 6) is -0.136. The first kappa shape index (κ1) is 16.8. The molecule has 0 aromatic rings. The number of carbonyl (C=O) groups excluding carboxylic acids is 3. The summed E-state index contributed by atoms with van der Waals surface area (Å²) < 4.78 is 13.8. The Labute approximate surface area is 110 Å².